The molecule has 19 heavy (non-hydrogen) atoms. The van der Waals surface area contributed by atoms with Gasteiger partial charge in [-0.2, -0.15) is 5.26 Å². The summed E-state index contributed by atoms with van der Waals surface area (Å²) in [4.78, 5) is 22.1. The molecule has 0 spiro atoms. The van der Waals surface area contributed by atoms with E-state index in [1.54, 1.807) is 24.3 Å². The van der Waals surface area contributed by atoms with E-state index in [1.807, 2.05) is 6.07 Å². The van der Waals surface area contributed by atoms with Gasteiger partial charge in [0.2, 0.25) is 0 Å². The Balaban J connectivity index is 2.69. The molecule has 100 valence electrons. The first-order valence-electron chi connectivity index (χ1n) is 5.54. The molecule has 0 saturated heterocycles. The highest BCUT2D eigenvalue weighted by atomic mass is 16.5. The van der Waals surface area contributed by atoms with Crippen molar-refractivity contribution in [2.45, 2.75) is 19.4 Å². The lowest BCUT2D eigenvalue weighted by Gasteiger charge is -2.24. The molecule has 0 saturated carbocycles. The topological polar surface area (TPSA) is 99.4 Å². The highest BCUT2D eigenvalue weighted by Crippen LogP contribution is 2.19. The average molecular weight is 262 g/mol. The molecule has 0 aromatic heterocycles. The molecule has 1 aromatic rings. The van der Waals surface area contributed by atoms with Crippen molar-refractivity contribution in [3.05, 3.63) is 29.8 Å². The Labute approximate surface area is 110 Å². The maximum absolute atomic E-state index is 11.7. The Morgan fingerprint density at radius 2 is 1.95 bits per heavy atom. The number of amides is 1. The van der Waals surface area contributed by atoms with Crippen molar-refractivity contribution in [1.29, 1.82) is 5.26 Å². The second-order valence-electron chi connectivity index (χ2n) is 4.32. The number of carboxylic acids is 1. The molecular formula is C13H14N2O4. The van der Waals surface area contributed by atoms with Crippen LogP contribution in [0.5, 0.6) is 5.75 Å². The summed E-state index contributed by atoms with van der Waals surface area (Å²) < 4.78 is 5.48. The van der Waals surface area contributed by atoms with Crippen LogP contribution < -0.4 is 10.1 Å². The molecule has 0 aliphatic heterocycles. The lowest BCUT2D eigenvalue weighted by atomic mass is 10.1. The lowest BCUT2D eigenvalue weighted by molar-refractivity contribution is -0.141. The molecule has 1 rings (SSSR count). The van der Waals surface area contributed by atoms with Gasteiger partial charge < -0.3 is 15.2 Å². The number of nitrogens with zero attached hydrogens (tertiary/aromatic N) is 1. The Morgan fingerprint density at radius 1 is 1.37 bits per heavy atom. The van der Waals surface area contributed by atoms with Crippen LogP contribution in [0.2, 0.25) is 0 Å². The first-order chi connectivity index (χ1) is 8.85. The van der Waals surface area contributed by atoms with Crippen LogP contribution in [0.15, 0.2) is 24.3 Å². The van der Waals surface area contributed by atoms with Gasteiger partial charge >= 0.3 is 5.97 Å². The molecule has 0 radical (unpaired) electrons. The molecule has 1 aromatic carbocycles. The highest BCUT2D eigenvalue weighted by Gasteiger charge is 2.30. The van der Waals surface area contributed by atoms with Crippen LogP contribution in [0.4, 0.5) is 0 Å². The summed E-state index contributed by atoms with van der Waals surface area (Å²) in [6.45, 7) is 2.60. The van der Waals surface area contributed by atoms with E-state index in [4.69, 9.17) is 15.1 Å². The quantitative estimate of drug-likeness (QED) is 0.821. The van der Waals surface area contributed by atoms with Crippen molar-refractivity contribution in [3.8, 4) is 11.8 Å². The normalized spacial score (nSPS) is 10.4. The summed E-state index contributed by atoms with van der Waals surface area (Å²) in [6, 6.07) is 8.26. The highest BCUT2D eigenvalue weighted by molar-refractivity contribution is 5.87. The molecular weight excluding hydrogens is 248 g/mol. The Kier molecular flexibility index (Phi) is 4.48. The molecule has 0 atom stereocenters. The number of ether oxygens (including phenoxy) is 1. The summed E-state index contributed by atoms with van der Waals surface area (Å²) >= 11 is 0. The standard InChI is InChI=1S/C13H14N2O4/c1-13(2,12(18)15-8-11(16)17)19-10-5-3-9(7-14)4-6-10/h3-6H,8H2,1-2H3,(H,15,18)(H,16,17). The van der Waals surface area contributed by atoms with Gasteiger partial charge in [0.15, 0.2) is 5.60 Å². The van der Waals surface area contributed by atoms with Gasteiger partial charge in [0.05, 0.1) is 11.6 Å². The predicted octanol–water partition coefficient (Wildman–Crippen LogP) is 0.916. The van der Waals surface area contributed by atoms with Gasteiger partial charge in [-0.1, -0.05) is 0 Å². The summed E-state index contributed by atoms with van der Waals surface area (Å²) in [5.74, 6) is -1.23. The average Bonchev–Trinajstić information content (AvgIpc) is 2.36. The molecule has 0 bridgehead atoms. The molecule has 6 nitrogen and oxygen atoms in total. The Morgan fingerprint density at radius 3 is 2.42 bits per heavy atom. The molecule has 0 fully saturated rings. The van der Waals surface area contributed by atoms with Crippen molar-refractivity contribution in [1.82, 2.24) is 5.32 Å². The van der Waals surface area contributed by atoms with E-state index in [2.05, 4.69) is 5.32 Å². The molecule has 0 aliphatic rings. The Bertz CT molecular complexity index is 514. The van der Waals surface area contributed by atoms with E-state index < -0.39 is 24.0 Å². The number of aliphatic carboxylic acids is 1. The van der Waals surface area contributed by atoms with Crippen molar-refractivity contribution in [2.75, 3.05) is 6.54 Å². The SMILES string of the molecule is CC(C)(Oc1ccc(C#N)cc1)C(=O)NCC(=O)O. The van der Waals surface area contributed by atoms with E-state index in [9.17, 15) is 9.59 Å². The van der Waals surface area contributed by atoms with E-state index in [1.165, 1.54) is 13.8 Å². The number of hydrogen-bond donors (Lipinski definition) is 2. The maximum Gasteiger partial charge on any atom is 0.322 e. The number of carbonyl (C=O) groups excluding carboxylic acids is 1. The number of carbonyl (C=O) groups is 2. The summed E-state index contributed by atoms with van der Waals surface area (Å²) in [7, 11) is 0. The van der Waals surface area contributed by atoms with E-state index >= 15 is 0 Å². The number of benzene rings is 1. The van der Waals surface area contributed by atoms with Crippen LogP contribution in [-0.4, -0.2) is 29.1 Å². The molecule has 6 heteroatoms. The van der Waals surface area contributed by atoms with Crippen molar-refractivity contribution in [3.63, 3.8) is 0 Å². The third-order valence-corrected chi connectivity index (χ3v) is 2.30. The lowest BCUT2D eigenvalue weighted by Crippen LogP contribution is -2.47. The van der Waals surface area contributed by atoms with Gasteiger partial charge in [0, 0.05) is 0 Å². The van der Waals surface area contributed by atoms with E-state index in [0.29, 0.717) is 11.3 Å². The zero-order valence-electron chi connectivity index (χ0n) is 10.6. The van der Waals surface area contributed by atoms with Crippen LogP contribution in [0.1, 0.15) is 19.4 Å². The van der Waals surface area contributed by atoms with Crippen molar-refractivity contribution >= 4 is 11.9 Å². The molecule has 0 unspecified atom stereocenters. The minimum atomic E-state index is -1.20. The summed E-state index contributed by atoms with van der Waals surface area (Å²) in [6.07, 6.45) is 0. The number of nitrogens with one attached hydrogen (secondary N) is 1. The second kappa shape index (κ2) is 5.87. The van der Waals surface area contributed by atoms with Crippen molar-refractivity contribution < 1.29 is 19.4 Å². The molecule has 2 N–H and O–H groups in total. The van der Waals surface area contributed by atoms with Gasteiger partial charge in [0.25, 0.3) is 5.91 Å². The zero-order valence-corrected chi connectivity index (χ0v) is 10.6. The van der Waals surface area contributed by atoms with E-state index in [-0.39, 0.29) is 0 Å². The number of hydrogen-bond acceptors (Lipinski definition) is 4. The fourth-order valence-electron chi connectivity index (χ4n) is 1.31. The molecule has 0 heterocycles. The van der Waals surface area contributed by atoms with Crippen LogP contribution in [0.3, 0.4) is 0 Å². The summed E-state index contributed by atoms with van der Waals surface area (Å²) in [5, 5.41) is 19.4. The van der Waals surface area contributed by atoms with Gasteiger partial charge in [0.1, 0.15) is 12.3 Å². The van der Waals surface area contributed by atoms with E-state index in [0.717, 1.165) is 0 Å². The van der Waals surface area contributed by atoms with Gasteiger partial charge in [-0.3, -0.25) is 9.59 Å². The Hall–Kier alpha value is -2.55. The van der Waals surface area contributed by atoms with Crippen LogP contribution in [0, 0.1) is 11.3 Å². The second-order valence-corrected chi connectivity index (χ2v) is 4.32. The van der Waals surface area contributed by atoms with Gasteiger partial charge in [-0.15, -0.1) is 0 Å². The molecule has 0 aliphatic carbocycles. The largest absolute Gasteiger partial charge is 0.480 e. The fraction of sp³-hybridized carbons (Fsp3) is 0.308. The minimum Gasteiger partial charge on any atom is -0.480 e. The first-order valence-corrected chi connectivity index (χ1v) is 5.54. The third-order valence-electron chi connectivity index (χ3n) is 2.30. The van der Waals surface area contributed by atoms with Crippen molar-refractivity contribution in [2.24, 2.45) is 0 Å². The number of carboxylic acid groups (broad SMARTS) is 1. The van der Waals surface area contributed by atoms with Gasteiger partial charge in [-0.25, -0.2) is 0 Å². The maximum atomic E-state index is 11.7. The zero-order chi connectivity index (χ0) is 14.5. The third kappa shape index (κ3) is 4.32. The van der Waals surface area contributed by atoms with Crippen LogP contribution >= 0.6 is 0 Å². The molecule has 1 amide bonds. The first kappa shape index (κ1) is 14.5. The summed E-state index contributed by atoms with van der Waals surface area (Å²) in [5.41, 5.74) is -0.718. The number of nitriles is 1. The minimum absolute atomic E-state index is 0.425. The number of rotatable bonds is 5. The smallest absolute Gasteiger partial charge is 0.322 e. The van der Waals surface area contributed by atoms with Crippen LogP contribution in [0.25, 0.3) is 0 Å². The monoisotopic (exact) mass is 262 g/mol. The van der Waals surface area contributed by atoms with Crippen LogP contribution in [-0.2, 0) is 9.59 Å². The fourth-order valence-corrected chi connectivity index (χ4v) is 1.31. The van der Waals surface area contributed by atoms with Gasteiger partial charge in [-0.05, 0) is 38.1 Å². The predicted molar refractivity (Wildman–Crippen MR) is 66.5 cm³/mol.